The fraction of sp³-hybridized carbons (Fsp3) is 0.347. The van der Waals surface area contributed by atoms with Crippen molar-refractivity contribution in [2.75, 3.05) is 63.2 Å². The van der Waals surface area contributed by atoms with Gasteiger partial charge in [0, 0.05) is 79.3 Å². The number of likely N-dealkylation sites (N-methyl/N-ethyl adjacent to an activating group) is 1. The molecule has 2 saturated heterocycles. The molecule has 2 fully saturated rings. The summed E-state index contributed by atoms with van der Waals surface area (Å²) in [6.45, 7) is 6.65. The molecule has 4 aromatic carbocycles. The first kappa shape index (κ1) is 49.3. The van der Waals surface area contributed by atoms with Crippen LogP contribution < -0.4 is 9.80 Å². The molecule has 10 rings (SSSR count). The van der Waals surface area contributed by atoms with Crippen molar-refractivity contribution in [2.45, 2.75) is 51.2 Å². The van der Waals surface area contributed by atoms with E-state index in [9.17, 15) is 31.5 Å². The average molecular weight is 998 g/mol. The van der Waals surface area contributed by atoms with Crippen LogP contribution in [0.2, 0.25) is 0 Å². The lowest BCUT2D eigenvalue weighted by Gasteiger charge is -2.38. The van der Waals surface area contributed by atoms with Crippen molar-refractivity contribution < 1.29 is 44.8 Å². The van der Waals surface area contributed by atoms with E-state index >= 15 is 4.39 Å². The Kier molecular flexibility index (Phi) is 14.1. The van der Waals surface area contributed by atoms with Gasteiger partial charge in [-0.3, -0.25) is 19.1 Å². The molecule has 0 atom stereocenters. The van der Waals surface area contributed by atoms with E-state index in [0.717, 1.165) is 73.0 Å². The summed E-state index contributed by atoms with van der Waals surface area (Å²) in [7, 11) is 5.89. The lowest BCUT2D eigenvalue weighted by Crippen LogP contribution is -2.52. The van der Waals surface area contributed by atoms with Gasteiger partial charge in [0.2, 0.25) is 18.2 Å². The third-order valence-corrected chi connectivity index (χ3v) is 13.2. The number of halogens is 6. The number of carbonyl (C=O) groups is 2. The highest BCUT2D eigenvalue weighted by Gasteiger charge is 2.34. The Labute approximate surface area is 408 Å². The van der Waals surface area contributed by atoms with Gasteiger partial charge in [0.15, 0.2) is 0 Å². The molecule has 4 aromatic heterocycles. The topological polar surface area (TPSA) is 164 Å². The second-order valence-corrected chi connectivity index (χ2v) is 18.0. The Hall–Kier alpha value is -7.66. The van der Waals surface area contributed by atoms with Crippen LogP contribution in [0.3, 0.4) is 0 Å². The number of para-hydroxylation sites is 1. The van der Waals surface area contributed by atoms with Crippen LogP contribution in [-0.4, -0.2) is 120 Å². The molecular weight excluding hydrogens is 949 g/mol. The molecule has 376 valence electrons. The maximum absolute atomic E-state index is 15.6. The second-order valence-electron chi connectivity index (χ2n) is 18.0. The summed E-state index contributed by atoms with van der Waals surface area (Å²) in [5, 5.41) is 24.3. The van der Waals surface area contributed by atoms with Crippen molar-refractivity contribution in [3.63, 3.8) is 0 Å². The lowest BCUT2D eigenvalue weighted by atomic mass is 9.90. The maximum Gasteiger partial charge on any atom is 0.324 e. The van der Waals surface area contributed by atoms with E-state index in [4.69, 9.17) is 13.9 Å². The molecule has 17 nitrogen and oxygen atoms in total. The van der Waals surface area contributed by atoms with Crippen LogP contribution in [0.25, 0.3) is 44.7 Å². The van der Waals surface area contributed by atoms with E-state index in [2.05, 4.69) is 53.9 Å². The van der Waals surface area contributed by atoms with Crippen LogP contribution in [-0.2, 0) is 30.5 Å². The van der Waals surface area contributed by atoms with Gasteiger partial charge in [0.25, 0.3) is 11.8 Å². The number of hydrogen-bond donors (Lipinski definition) is 0. The number of aryl methyl sites for hydroxylation is 1. The summed E-state index contributed by atoms with van der Waals surface area (Å²) in [5.41, 5.74) is 3.54. The molecule has 0 aliphatic carbocycles. The molecule has 0 spiro atoms. The van der Waals surface area contributed by atoms with Gasteiger partial charge in [-0.15, -0.1) is 20.4 Å². The maximum atomic E-state index is 15.6. The fourth-order valence-corrected chi connectivity index (χ4v) is 8.91. The van der Waals surface area contributed by atoms with Crippen molar-refractivity contribution >= 4 is 45.6 Å². The van der Waals surface area contributed by atoms with Gasteiger partial charge in [0.05, 0.1) is 53.4 Å². The summed E-state index contributed by atoms with van der Waals surface area (Å²) < 4.78 is 94.8. The van der Waals surface area contributed by atoms with Crippen LogP contribution in [0.4, 0.5) is 42.5 Å². The predicted molar refractivity (Wildman–Crippen MR) is 253 cm³/mol. The Balaban J connectivity index is 0.000000192. The standard InChI is InChI=1S/C30H35F3N8O2.C19H14F3N5O2/c1-30(9-11-37(2)12-10-30)41-25-6-4-5-24(22(25)18-34-41)40(29(42)39-15-13-38(3)14-16-39)19-21-8-7-20(17-23(21)31)27-35-36-28(43-27)26(32)33;1-26-16-12(8-23-26)3-2-4-15(16)27(10-28)9-13-6-5-11(7-14(13)20)18-24-25-19(29-18)17(21)22/h4-8,17-18,26H,9-16,19H2,1-3H3;2-8,10,17H,9H2,1H3. The average Bonchev–Trinajstić information content (AvgIpc) is 4.22. The van der Waals surface area contributed by atoms with Crippen molar-refractivity contribution in [1.29, 1.82) is 0 Å². The number of anilines is 2. The van der Waals surface area contributed by atoms with Gasteiger partial charge >= 0.3 is 18.9 Å². The van der Waals surface area contributed by atoms with E-state index in [0.29, 0.717) is 30.9 Å². The number of carbonyl (C=O) groups excluding carboxylic acids is 2. The quantitative estimate of drug-likeness (QED) is 0.0846. The number of hydrogen-bond acceptors (Lipinski definition) is 12. The molecule has 8 aromatic rings. The normalized spacial score (nSPS) is 15.4. The molecule has 0 unspecified atom stereocenters. The number of nitrogens with zero attached hydrogens (tertiary/aromatic N) is 13. The van der Waals surface area contributed by atoms with Gasteiger partial charge in [-0.1, -0.05) is 30.3 Å². The first-order chi connectivity index (χ1) is 34.6. The summed E-state index contributed by atoms with van der Waals surface area (Å²) in [6.07, 6.45) is 0.158. The number of piperazine rings is 1. The number of urea groups is 1. The smallest absolute Gasteiger partial charge is 0.324 e. The third kappa shape index (κ3) is 10.1. The minimum absolute atomic E-state index is 0.0357. The largest absolute Gasteiger partial charge is 0.415 e. The van der Waals surface area contributed by atoms with Crippen LogP contribution in [0.1, 0.15) is 55.5 Å². The zero-order valence-electron chi connectivity index (χ0n) is 39.6. The van der Waals surface area contributed by atoms with Crippen LogP contribution in [0.15, 0.2) is 94.0 Å². The molecule has 2 aliphatic rings. The highest BCUT2D eigenvalue weighted by Crippen LogP contribution is 2.37. The highest BCUT2D eigenvalue weighted by atomic mass is 19.3. The monoisotopic (exact) mass is 997 g/mol. The summed E-state index contributed by atoms with van der Waals surface area (Å²) in [6, 6.07) is 19.2. The van der Waals surface area contributed by atoms with Crippen molar-refractivity contribution in [3.8, 4) is 22.9 Å². The van der Waals surface area contributed by atoms with E-state index in [1.165, 1.54) is 29.2 Å². The number of likely N-dealkylation sites (tertiary alicyclic amines) is 1. The minimum Gasteiger partial charge on any atom is -0.415 e. The van der Waals surface area contributed by atoms with Gasteiger partial charge in [0.1, 0.15) is 11.6 Å². The van der Waals surface area contributed by atoms with Crippen molar-refractivity contribution in [1.82, 2.24) is 54.7 Å². The number of benzene rings is 4. The minimum atomic E-state index is -2.92. The van der Waals surface area contributed by atoms with Crippen LogP contribution in [0, 0.1) is 11.6 Å². The molecule has 0 radical (unpaired) electrons. The number of fused-ring (bicyclic) bond motifs is 2. The van der Waals surface area contributed by atoms with Crippen molar-refractivity contribution in [2.24, 2.45) is 7.05 Å². The highest BCUT2D eigenvalue weighted by molar-refractivity contribution is 6.02. The third-order valence-electron chi connectivity index (χ3n) is 13.2. The Morgan fingerprint density at radius 2 is 1.28 bits per heavy atom. The van der Waals surface area contributed by atoms with E-state index in [1.54, 1.807) is 46.1 Å². The number of aromatic nitrogens is 8. The van der Waals surface area contributed by atoms with Gasteiger partial charge in [-0.05, 0) is 76.3 Å². The first-order valence-corrected chi connectivity index (χ1v) is 22.9. The zero-order valence-corrected chi connectivity index (χ0v) is 39.6. The molecule has 0 saturated carbocycles. The number of piperidine rings is 1. The second kappa shape index (κ2) is 20.6. The summed E-state index contributed by atoms with van der Waals surface area (Å²) in [5.74, 6) is -3.33. The van der Waals surface area contributed by atoms with E-state index in [1.807, 2.05) is 31.3 Å². The molecular formula is C49H49F6N13O4. The molecule has 72 heavy (non-hydrogen) atoms. The Morgan fingerprint density at radius 1 is 0.708 bits per heavy atom. The van der Waals surface area contributed by atoms with Crippen molar-refractivity contribution in [3.05, 3.63) is 120 Å². The SMILES string of the molecule is CN1CCN(C(=O)N(Cc2ccc(-c3nnc(C(F)F)o3)cc2F)c2cccc3c2cnn3C2(C)CCN(C)CC2)CC1.Cn1ncc2cccc(N(C=O)Cc3ccc(-c4nnc(C(F)F)o4)cc3F)c21. The Morgan fingerprint density at radius 3 is 1.85 bits per heavy atom. The van der Waals surface area contributed by atoms with E-state index in [-0.39, 0.29) is 58.7 Å². The molecule has 23 heteroatoms. The molecule has 0 N–H and O–H groups in total. The van der Waals surface area contributed by atoms with Gasteiger partial charge in [-0.25, -0.2) is 13.6 Å². The molecule has 6 heterocycles. The van der Waals surface area contributed by atoms with E-state index < -0.39 is 36.3 Å². The van der Waals surface area contributed by atoms with Crippen LogP contribution in [0.5, 0.6) is 0 Å². The molecule has 0 bridgehead atoms. The van der Waals surface area contributed by atoms with Gasteiger partial charge in [-0.2, -0.15) is 27.8 Å². The number of amides is 3. The molecule has 2 aliphatic heterocycles. The number of alkyl halides is 4. The van der Waals surface area contributed by atoms with Crippen LogP contribution >= 0.6 is 0 Å². The summed E-state index contributed by atoms with van der Waals surface area (Å²) >= 11 is 0. The lowest BCUT2D eigenvalue weighted by molar-refractivity contribution is -0.107. The fourth-order valence-electron chi connectivity index (χ4n) is 8.91. The summed E-state index contributed by atoms with van der Waals surface area (Å²) in [4.78, 5) is 35.1. The predicted octanol–water partition coefficient (Wildman–Crippen LogP) is 8.84. The zero-order chi connectivity index (χ0) is 50.8. The number of rotatable bonds is 12. The van der Waals surface area contributed by atoms with Gasteiger partial charge < -0.3 is 28.4 Å². The first-order valence-electron chi connectivity index (χ1n) is 22.9. The Bertz CT molecular complexity index is 3210. The molecule has 3 amide bonds.